The Balaban J connectivity index is 0.000000346. The summed E-state index contributed by atoms with van der Waals surface area (Å²) in [6, 6.07) is 5.41. The summed E-state index contributed by atoms with van der Waals surface area (Å²) in [5.41, 5.74) is -2.23. The van der Waals surface area contributed by atoms with Gasteiger partial charge in [-0.3, -0.25) is 4.57 Å². The van der Waals surface area contributed by atoms with Gasteiger partial charge in [0.15, 0.2) is 0 Å². The minimum absolute atomic E-state index is 0.423. The highest BCUT2D eigenvalue weighted by molar-refractivity contribution is 8.69. The van der Waals surface area contributed by atoms with Gasteiger partial charge >= 0.3 is 7.67 Å². The fraction of sp³-hybridized carbons (Fsp3) is 0.667. The molecule has 1 fully saturated rings. The van der Waals surface area contributed by atoms with Crippen molar-refractivity contribution in [3.8, 4) is 0 Å². The first kappa shape index (κ1) is 32.8. The Labute approximate surface area is 230 Å². The summed E-state index contributed by atoms with van der Waals surface area (Å²) in [5, 5.41) is 4.99. The van der Waals surface area contributed by atoms with Crippen molar-refractivity contribution in [3.63, 3.8) is 0 Å². The molecule has 1 aliphatic heterocycles. The van der Waals surface area contributed by atoms with E-state index in [-0.39, 0.29) is 0 Å². The number of hydrogen-bond acceptors (Lipinski definition) is 7. The van der Waals surface area contributed by atoms with Crippen LogP contribution in [0.15, 0.2) is 23.1 Å². The van der Waals surface area contributed by atoms with Crippen LogP contribution in [0.5, 0.6) is 0 Å². The number of hydrogen-bond donors (Lipinski definition) is 1. The van der Waals surface area contributed by atoms with Crippen LogP contribution in [0.3, 0.4) is 0 Å². The molecule has 1 saturated heterocycles. The lowest BCUT2D eigenvalue weighted by atomic mass is 10.4. The van der Waals surface area contributed by atoms with E-state index in [1.165, 1.54) is 11.4 Å². The third-order valence-electron chi connectivity index (χ3n) is 3.85. The lowest BCUT2D eigenvalue weighted by molar-refractivity contribution is 0.233. The van der Waals surface area contributed by atoms with Crippen molar-refractivity contribution in [2.45, 2.75) is 25.2 Å². The predicted molar refractivity (Wildman–Crippen MR) is 152 cm³/mol. The first-order chi connectivity index (χ1) is 15.7. The van der Waals surface area contributed by atoms with Crippen molar-refractivity contribution >= 4 is 94.7 Å². The van der Waals surface area contributed by atoms with Crippen LogP contribution < -0.4 is 5.09 Å². The highest BCUT2D eigenvalue weighted by atomic mass is 35.5. The minimum Gasteiger partial charge on any atom is -0.322 e. The van der Waals surface area contributed by atoms with Crippen LogP contribution in [-0.2, 0) is 29.9 Å². The van der Waals surface area contributed by atoms with Gasteiger partial charge in [-0.15, -0.1) is 35.0 Å². The van der Waals surface area contributed by atoms with Crippen LogP contribution in [0.1, 0.15) is 20.3 Å². The summed E-state index contributed by atoms with van der Waals surface area (Å²) in [4.78, 5) is 0.941. The number of rotatable bonds is 13. The van der Waals surface area contributed by atoms with E-state index in [0.29, 0.717) is 54.7 Å². The molecular formula is C18H30Cl4N2O4P2S3. The largest absolute Gasteiger partial charge is 0.343 e. The Morgan fingerprint density at radius 2 is 1.85 bits per heavy atom. The molecule has 0 radical (unpaired) electrons. The maximum atomic E-state index is 12.2. The second-order valence-corrected chi connectivity index (χ2v) is 17.7. The summed E-state index contributed by atoms with van der Waals surface area (Å²) in [6.07, 6.45) is 0.888. The molecule has 15 heteroatoms. The van der Waals surface area contributed by atoms with Crippen molar-refractivity contribution in [2.75, 3.05) is 56.3 Å². The van der Waals surface area contributed by atoms with Gasteiger partial charge < -0.3 is 13.6 Å². The minimum atomic E-state index is -2.84. The number of thioether (sulfide) groups is 1. The quantitative estimate of drug-likeness (QED) is 0.100. The third-order valence-corrected chi connectivity index (χ3v) is 14.3. The molecule has 33 heavy (non-hydrogen) atoms. The summed E-state index contributed by atoms with van der Waals surface area (Å²) in [5.74, 6) is 0.845. The lowest BCUT2D eigenvalue weighted by Crippen LogP contribution is -2.35. The van der Waals surface area contributed by atoms with Crippen molar-refractivity contribution in [1.29, 1.82) is 0 Å². The molecule has 1 atom stereocenters. The Kier molecular flexibility index (Phi) is 18.0. The average Bonchev–Trinajstić information content (AvgIpc) is 2.77. The SMILES string of the molecule is CCOP(=S)(OCC)SCSc1cc(Cl)ccc1Cl.O=P1(N(CCCl)CCCl)NCCCO1. The van der Waals surface area contributed by atoms with Crippen LogP contribution >= 0.6 is 82.9 Å². The zero-order valence-electron chi connectivity index (χ0n) is 18.5. The molecule has 0 amide bonds. The highest BCUT2D eigenvalue weighted by Gasteiger charge is 2.32. The summed E-state index contributed by atoms with van der Waals surface area (Å²) < 4.78 is 30.3. The Morgan fingerprint density at radius 1 is 1.21 bits per heavy atom. The molecule has 1 aromatic rings. The second-order valence-electron chi connectivity index (χ2n) is 6.20. The van der Waals surface area contributed by atoms with Gasteiger partial charge in [0.2, 0.25) is 5.69 Å². The molecule has 1 aromatic carbocycles. The normalized spacial score (nSPS) is 18.8. The maximum Gasteiger partial charge on any atom is 0.343 e. The van der Waals surface area contributed by atoms with Crippen molar-refractivity contribution in [1.82, 2.24) is 9.76 Å². The number of nitrogens with one attached hydrogen (secondary N) is 1. The topological polar surface area (TPSA) is 60.0 Å². The molecule has 0 aliphatic carbocycles. The number of halogens is 4. The van der Waals surface area contributed by atoms with Crippen LogP contribution in [0, 0.1) is 0 Å². The van der Waals surface area contributed by atoms with Crippen molar-refractivity contribution in [3.05, 3.63) is 28.2 Å². The van der Waals surface area contributed by atoms with Crippen LogP contribution in [0.25, 0.3) is 0 Å². The number of benzene rings is 1. The van der Waals surface area contributed by atoms with E-state index in [9.17, 15) is 4.57 Å². The standard InChI is InChI=1S/C11H15Cl2O2PS3.C7H15Cl2N2O2P/c1-3-14-16(17,15-4-2)19-8-18-11-7-9(12)5-6-10(11)13;8-2-5-11(6-3-9)14(12)10-4-1-7-13-14/h5-7H,3-4,8H2,1-2H3;1-7H2,(H,10,12). The molecule has 1 heterocycles. The van der Waals surface area contributed by atoms with E-state index in [4.69, 9.17) is 71.8 Å². The molecule has 192 valence electrons. The van der Waals surface area contributed by atoms with E-state index in [1.54, 1.807) is 28.6 Å². The van der Waals surface area contributed by atoms with Crippen molar-refractivity contribution in [2.24, 2.45) is 0 Å². The fourth-order valence-electron chi connectivity index (χ4n) is 2.45. The number of alkyl halides is 2. The van der Waals surface area contributed by atoms with Gasteiger partial charge in [-0.05, 0) is 50.3 Å². The van der Waals surface area contributed by atoms with Gasteiger partial charge in [-0.1, -0.05) is 34.6 Å². The van der Waals surface area contributed by atoms with Gasteiger partial charge in [0.25, 0.3) is 0 Å². The second kappa shape index (κ2) is 18.1. The summed E-state index contributed by atoms with van der Waals surface area (Å²) >= 11 is 31.8. The molecule has 0 aromatic heterocycles. The van der Waals surface area contributed by atoms with E-state index in [1.807, 2.05) is 19.9 Å². The van der Waals surface area contributed by atoms with Gasteiger partial charge in [-0.25, -0.2) is 9.76 Å². The molecule has 0 bridgehead atoms. The highest BCUT2D eigenvalue weighted by Crippen LogP contribution is 2.62. The molecule has 0 saturated carbocycles. The monoisotopic (exact) mass is 636 g/mol. The van der Waals surface area contributed by atoms with Crippen LogP contribution in [-0.4, -0.2) is 61.0 Å². The first-order valence-corrected chi connectivity index (χ1v) is 18.8. The zero-order chi connectivity index (χ0) is 24.7. The van der Waals surface area contributed by atoms with E-state index in [2.05, 4.69) is 5.09 Å². The average molecular weight is 638 g/mol. The molecule has 1 aliphatic rings. The Bertz CT molecular complexity index is 775. The van der Waals surface area contributed by atoms with Gasteiger partial charge in [-0.2, -0.15) is 0 Å². The lowest BCUT2D eigenvalue weighted by Gasteiger charge is -2.33. The fourth-order valence-corrected chi connectivity index (χ4v) is 12.6. The molecule has 0 spiro atoms. The van der Waals surface area contributed by atoms with E-state index < -0.39 is 13.4 Å². The van der Waals surface area contributed by atoms with E-state index in [0.717, 1.165) is 22.9 Å². The molecular weight excluding hydrogens is 608 g/mol. The summed E-state index contributed by atoms with van der Waals surface area (Å²) in [6.45, 7) is 7.27. The van der Waals surface area contributed by atoms with E-state index >= 15 is 0 Å². The Morgan fingerprint density at radius 3 is 2.36 bits per heavy atom. The first-order valence-electron chi connectivity index (χ1n) is 10.2. The smallest absolute Gasteiger partial charge is 0.322 e. The summed E-state index contributed by atoms with van der Waals surface area (Å²) in [7, 11) is -2.84. The van der Waals surface area contributed by atoms with Gasteiger partial charge in [0, 0.05) is 41.3 Å². The Hall–Kier alpha value is 1.76. The maximum absolute atomic E-state index is 12.2. The predicted octanol–water partition coefficient (Wildman–Crippen LogP) is 7.96. The molecule has 2 rings (SSSR count). The van der Waals surface area contributed by atoms with Gasteiger partial charge in [0.05, 0.1) is 29.9 Å². The van der Waals surface area contributed by atoms with Crippen LogP contribution in [0.4, 0.5) is 0 Å². The third kappa shape index (κ3) is 12.7. The molecule has 1 unspecified atom stereocenters. The van der Waals surface area contributed by atoms with Crippen LogP contribution in [0.2, 0.25) is 10.0 Å². The van der Waals surface area contributed by atoms with Gasteiger partial charge in [0.1, 0.15) is 0 Å². The zero-order valence-corrected chi connectivity index (χ0v) is 25.8. The molecule has 6 nitrogen and oxygen atoms in total. The van der Waals surface area contributed by atoms with Crippen molar-refractivity contribution < 1.29 is 18.1 Å². The molecule has 1 N–H and O–H groups in total. The number of nitrogens with zero attached hydrogens (tertiary/aromatic N) is 1.